The van der Waals surface area contributed by atoms with Crippen LogP contribution >= 0.6 is 0 Å². The Bertz CT molecular complexity index is 400. The van der Waals surface area contributed by atoms with Crippen molar-refractivity contribution in [1.82, 2.24) is 5.01 Å². The summed E-state index contributed by atoms with van der Waals surface area (Å²) in [6, 6.07) is 7.53. The number of benzene rings is 1. The molecule has 92 valence electrons. The van der Waals surface area contributed by atoms with Crippen LogP contribution in [0.5, 0.6) is 0 Å². The van der Waals surface area contributed by atoms with E-state index in [1.54, 1.807) is 13.1 Å². The van der Waals surface area contributed by atoms with Crippen LogP contribution in [-0.4, -0.2) is 44.3 Å². The van der Waals surface area contributed by atoms with Gasteiger partial charge in [-0.3, -0.25) is 9.80 Å². The third-order valence-electron chi connectivity index (χ3n) is 2.81. The lowest BCUT2D eigenvalue weighted by molar-refractivity contribution is 0.0794. The summed E-state index contributed by atoms with van der Waals surface area (Å²) in [4.78, 5) is 14.1. The normalized spacial score (nSPS) is 15.8. The number of carbonyl (C=O) groups excluding carboxylic acids is 1. The highest BCUT2D eigenvalue weighted by Crippen LogP contribution is 2.22. The fraction of sp³-hybridized carbons (Fsp3) is 0.417. The maximum absolute atomic E-state index is 12.0. The minimum absolute atomic E-state index is 0.174. The van der Waals surface area contributed by atoms with Crippen LogP contribution in [0.1, 0.15) is 10.4 Å². The molecule has 1 aromatic rings. The Kier molecular flexibility index (Phi) is 3.61. The molecular formula is C12H17N3O2. The first-order valence-electron chi connectivity index (χ1n) is 5.64. The van der Waals surface area contributed by atoms with Gasteiger partial charge in [-0.1, -0.05) is 12.1 Å². The fourth-order valence-electron chi connectivity index (χ4n) is 1.92. The molecule has 1 amide bonds. The van der Waals surface area contributed by atoms with E-state index in [4.69, 9.17) is 10.6 Å². The van der Waals surface area contributed by atoms with Crippen molar-refractivity contribution >= 4 is 11.6 Å². The fourth-order valence-corrected chi connectivity index (χ4v) is 1.92. The molecule has 1 aromatic carbocycles. The highest BCUT2D eigenvalue weighted by molar-refractivity contribution is 5.99. The van der Waals surface area contributed by atoms with Gasteiger partial charge < -0.3 is 9.64 Å². The van der Waals surface area contributed by atoms with Gasteiger partial charge in [-0.05, 0) is 12.1 Å². The second kappa shape index (κ2) is 5.16. The van der Waals surface area contributed by atoms with Crippen LogP contribution in [0.3, 0.4) is 0 Å². The van der Waals surface area contributed by atoms with Crippen molar-refractivity contribution in [2.45, 2.75) is 0 Å². The first-order valence-corrected chi connectivity index (χ1v) is 5.64. The second-order valence-corrected chi connectivity index (χ2v) is 4.03. The molecule has 1 fully saturated rings. The van der Waals surface area contributed by atoms with Crippen molar-refractivity contribution in [3.05, 3.63) is 29.8 Å². The summed E-state index contributed by atoms with van der Waals surface area (Å²) in [6.07, 6.45) is 0. The second-order valence-electron chi connectivity index (χ2n) is 4.03. The number of nitrogens with two attached hydrogens (primary N) is 1. The molecule has 0 saturated carbocycles. The average Bonchev–Trinajstić information content (AvgIpc) is 2.39. The van der Waals surface area contributed by atoms with Gasteiger partial charge in [0, 0.05) is 25.8 Å². The first-order chi connectivity index (χ1) is 8.20. The molecule has 0 radical (unpaired) electrons. The van der Waals surface area contributed by atoms with E-state index < -0.39 is 0 Å². The summed E-state index contributed by atoms with van der Waals surface area (Å²) in [5, 5.41) is 1.11. The molecule has 0 aliphatic carbocycles. The zero-order valence-corrected chi connectivity index (χ0v) is 9.93. The molecule has 0 atom stereocenters. The van der Waals surface area contributed by atoms with Crippen LogP contribution in [-0.2, 0) is 4.74 Å². The molecule has 0 bridgehead atoms. The summed E-state index contributed by atoms with van der Waals surface area (Å²) >= 11 is 0. The molecule has 2 N–H and O–H groups in total. The molecule has 1 aliphatic rings. The molecule has 5 heteroatoms. The van der Waals surface area contributed by atoms with E-state index in [1.165, 1.54) is 0 Å². The Morgan fingerprint density at radius 2 is 2.00 bits per heavy atom. The van der Waals surface area contributed by atoms with Crippen LogP contribution in [0.25, 0.3) is 0 Å². The average molecular weight is 235 g/mol. The summed E-state index contributed by atoms with van der Waals surface area (Å²) in [6.45, 7) is 3.00. The number of hydrogen-bond acceptors (Lipinski definition) is 4. The summed E-state index contributed by atoms with van der Waals surface area (Å²) in [5.74, 6) is 5.33. The maximum Gasteiger partial charge on any atom is 0.269 e. The van der Waals surface area contributed by atoms with Crippen LogP contribution in [0.15, 0.2) is 24.3 Å². The third-order valence-corrected chi connectivity index (χ3v) is 2.81. The standard InChI is InChI=1S/C12H17N3O2/c1-14(13)12(16)10-4-2-3-5-11(10)15-6-8-17-9-7-15/h2-5H,6-9,13H2,1H3. The van der Waals surface area contributed by atoms with Gasteiger partial charge in [0.2, 0.25) is 0 Å². The minimum atomic E-state index is -0.174. The molecule has 1 saturated heterocycles. The lowest BCUT2D eigenvalue weighted by Gasteiger charge is -2.30. The summed E-state index contributed by atoms with van der Waals surface area (Å²) in [5.41, 5.74) is 1.57. The molecule has 0 spiro atoms. The van der Waals surface area contributed by atoms with Crippen LogP contribution in [0.4, 0.5) is 5.69 Å². The van der Waals surface area contributed by atoms with Gasteiger partial charge in [-0.2, -0.15) is 0 Å². The van der Waals surface area contributed by atoms with Crippen molar-refractivity contribution in [1.29, 1.82) is 0 Å². The number of amides is 1. The number of hydrazine groups is 1. The molecule has 5 nitrogen and oxygen atoms in total. The van der Waals surface area contributed by atoms with E-state index in [0.717, 1.165) is 23.8 Å². The lowest BCUT2D eigenvalue weighted by atomic mass is 10.1. The van der Waals surface area contributed by atoms with Gasteiger partial charge in [0.15, 0.2) is 0 Å². The summed E-state index contributed by atoms with van der Waals surface area (Å²) < 4.78 is 5.31. The third kappa shape index (κ3) is 2.57. The van der Waals surface area contributed by atoms with Crippen molar-refractivity contribution in [2.24, 2.45) is 5.84 Å². The van der Waals surface area contributed by atoms with E-state index in [1.807, 2.05) is 18.2 Å². The number of morpholine rings is 1. The van der Waals surface area contributed by atoms with Crippen LogP contribution < -0.4 is 10.7 Å². The van der Waals surface area contributed by atoms with E-state index in [2.05, 4.69) is 4.90 Å². The first kappa shape index (κ1) is 11.9. The molecule has 1 heterocycles. The van der Waals surface area contributed by atoms with Gasteiger partial charge in [0.1, 0.15) is 0 Å². The predicted molar refractivity (Wildman–Crippen MR) is 65.8 cm³/mol. The Labute approximate surface area is 101 Å². The number of nitrogens with zero attached hydrogens (tertiary/aromatic N) is 2. The summed E-state index contributed by atoms with van der Waals surface area (Å²) in [7, 11) is 1.55. The number of para-hydroxylation sites is 1. The highest BCUT2D eigenvalue weighted by atomic mass is 16.5. The quantitative estimate of drug-likeness (QED) is 0.460. The molecule has 17 heavy (non-hydrogen) atoms. The van der Waals surface area contributed by atoms with Gasteiger partial charge in [0.05, 0.1) is 18.8 Å². The minimum Gasteiger partial charge on any atom is -0.378 e. The van der Waals surface area contributed by atoms with Crippen molar-refractivity contribution in [3.63, 3.8) is 0 Å². The molecular weight excluding hydrogens is 218 g/mol. The van der Waals surface area contributed by atoms with E-state index in [9.17, 15) is 4.79 Å². The smallest absolute Gasteiger partial charge is 0.269 e. The molecule has 0 aromatic heterocycles. The van der Waals surface area contributed by atoms with E-state index >= 15 is 0 Å². The van der Waals surface area contributed by atoms with Gasteiger partial charge >= 0.3 is 0 Å². The van der Waals surface area contributed by atoms with Gasteiger partial charge in [-0.25, -0.2) is 5.84 Å². The van der Waals surface area contributed by atoms with E-state index in [-0.39, 0.29) is 5.91 Å². The van der Waals surface area contributed by atoms with Gasteiger partial charge in [-0.15, -0.1) is 0 Å². The maximum atomic E-state index is 12.0. The van der Waals surface area contributed by atoms with Crippen LogP contribution in [0, 0.1) is 0 Å². The van der Waals surface area contributed by atoms with Crippen LogP contribution in [0.2, 0.25) is 0 Å². The Morgan fingerprint density at radius 3 is 2.65 bits per heavy atom. The monoisotopic (exact) mass is 235 g/mol. The lowest BCUT2D eigenvalue weighted by Crippen LogP contribution is -2.39. The highest BCUT2D eigenvalue weighted by Gasteiger charge is 2.19. The zero-order chi connectivity index (χ0) is 12.3. The molecule has 2 rings (SSSR count). The number of hydrogen-bond donors (Lipinski definition) is 1. The Morgan fingerprint density at radius 1 is 1.35 bits per heavy atom. The SMILES string of the molecule is CN(N)C(=O)c1ccccc1N1CCOCC1. The number of carbonyl (C=O) groups is 1. The van der Waals surface area contributed by atoms with Gasteiger partial charge in [0.25, 0.3) is 5.91 Å². The Hall–Kier alpha value is -1.59. The Balaban J connectivity index is 2.29. The predicted octanol–water partition coefficient (Wildman–Crippen LogP) is 0.469. The van der Waals surface area contributed by atoms with Crippen molar-refractivity contribution in [3.8, 4) is 0 Å². The molecule has 0 unspecified atom stereocenters. The zero-order valence-electron chi connectivity index (χ0n) is 9.93. The largest absolute Gasteiger partial charge is 0.378 e. The number of ether oxygens (including phenoxy) is 1. The van der Waals surface area contributed by atoms with Crippen molar-refractivity contribution < 1.29 is 9.53 Å². The van der Waals surface area contributed by atoms with E-state index in [0.29, 0.717) is 18.8 Å². The number of anilines is 1. The molecule has 1 aliphatic heterocycles. The van der Waals surface area contributed by atoms with Crippen molar-refractivity contribution in [2.75, 3.05) is 38.3 Å². The number of rotatable bonds is 2. The topological polar surface area (TPSA) is 58.8 Å².